The smallest absolute Gasteiger partial charge is 0.350 e. The first kappa shape index (κ1) is 20.5. The Morgan fingerprint density at radius 3 is 2.57 bits per heavy atom. The maximum absolute atomic E-state index is 12.7. The summed E-state index contributed by atoms with van der Waals surface area (Å²) in [6.45, 7) is 15.2. The van der Waals surface area contributed by atoms with E-state index in [0.29, 0.717) is 16.8 Å². The average molecular weight is 411 g/mol. The van der Waals surface area contributed by atoms with Crippen molar-refractivity contribution >= 4 is 16.6 Å². The summed E-state index contributed by atoms with van der Waals surface area (Å²) in [6.07, 6.45) is 2.85. The van der Waals surface area contributed by atoms with Gasteiger partial charge in [-0.3, -0.25) is 9.36 Å². The number of hydrogen-bond acceptors (Lipinski definition) is 5. The van der Waals surface area contributed by atoms with Gasteiger partial charge in [-0.1, -0.05) is 0 Å². The number of nitrogens with one attached hydrogen (secondary N) is 1. The van der Waals surface area contributed by atoms with E-state index in [1.807, 2.05) is 33.9 Å². The molecule has 30 heavy (non-hydrogen) atoms. The standard InChI is InChI=1S/C22H30N6O2/c1-13-17(26-11-10-14(12-26)19(24-4)22(2,3)25-5)9-8-16-18(13)27(15-6-7-15)21(30)28(23)20(16)29/h8-9,14-15,19,24H,6-7,10-12,23H2,1-4H3. The molecule has 8 nitrogen and oxygen atoms in total. The zero-order valence-electron chi connectivity index (χ0n) is 18.1. The van der Waals surface area contributed by atoms with Crippen molar-refractivity contribution in [3.8, 4) is 0 Å². The van der Waals surface area contributed by atoms with Crippen LogP contribution in [0.25, 0.3) is 15.7 Å². The summed E-state index contributed by atoms with van der Waals surface area (Å²) in [5, 5.41) is 3.85. The van der Waals surface area contributed by atoms with E-state index in [-0.39, 0.29) is 12.1 Å². The Bertz CT molecular complexity index is 1150. The highest BCUT2D eigenvalue weighted by atomic mass is 16.2. The van der Waals surface area contributed by atoms with E-state index >= 15 is 0 Å². The fourth-order valence-electron chi connectivity index (χ4n) is 5.13. The summed E-state index contributed by atoms with van der Waals surface area (Å²) in [7, 11) is 1.92. The summed E-state index contributed by atoms with van der Waals surface area (Å²) in [6, 6.07) is 3.98. The molecule has 2 fully saturated rings. The number of rotatable bonds is 5. The molecule has 0 radical (unpaired) electrons. The maximum Gasteiger partial charge on any atom is 0.350 e. The second-order valence-electron chi connectivity index (χ2n) is 9.19. The van der Waals surface area contributed by atoms with Crippen molar-refractivity contribution in [1.82, 2.24) is 14.6 Å². The van der Waals surface area contributed by atoms with Crippen LogP contribution in [-0.4, -0.2) is 41.0 Å². The van der Waals surface area contributed by atoms with Crippen LogP contribution in [0, 0.1) is 19.4 Å². The number of fused-ring (bicyclic) bond motifs is 1. The Labute approximate surface area is 176 Å². The molecule has 160 valence electrons. The van der Waals surface area contributed by atoms with Gasteiger partial charge in [0.15, 0.2) is 0 Å². The highest BCUT2D eigenvalue weighted by Crippen LogP contribution is 2.39. The first-order chi connectivity index (χ1) is 14.2. The molecule has 2 unspecified atom stereocenters. The van der Waals surface area contributed by atoms with Gasteiger partial charge >= 0.3 is 5.69 Å². The lowest BCUT2D eigenvalue weighted by molar-refractivity contribution is 0.309. The molecular weight excluding hydrogens is 380 g/mol. The van der Waals surface area contributed by atoms with E-state index in [4.69, 9.17) is 12.4 Å². The molecule has 1 aromatic carbocycles. The normalized spacial score (nSPS) is 20.5. The van der Waals surface area contributed by atoms with Gasteiger partial charge in [-0.2, -0.15) is 4.68 Å². The molecule has 0 amide bonds. The molecule has 3 N–H and O–H groups in total. The Balaban J connectivity index is 1.77. The van der Waals surface area contributed by atoms with Gasteiger partial charge in [0.2, 0.25) is 5.54 Å². The molecule has 2 aliphatic rings. The van der Waals surface area contributed by atoms with E-state index < -0.39 is 16.8 Å². The van der Waals surface area contributed by atoms with Crippen molar-refractivity contribution in [3.63, 3.8) is 0 Å². The number of aromatic nitrogens is 2. The largest absolute Gasteiger partial charge is 0.371 e. The zero-order chi connectivity index (χ0) is 21.8. The molecule has 2 aromatic rings. The predicted molar refractivity (Wildman–Crippen MR) is 119 cm³/mol. The SMILES string of the molecule is [C-]#[N+]C(C)(C)C(NC)C1CCN(c2ccc3c(=O)n(N)c(=O)n(C4CC4)c3c2C)C1. The topological polar surface area (TPSA) is 89.7 Å². The summed E-state index contributed by atoms with van der Waals surface area (Å²) >= 11 is 0. The van der Waals surface area contributed by atoms with Crippen molar-refractivity contribution in [2.75, 3.05) is 30.9 Å². The van der Waals surface area contributed by atoms with Gasteiger partial charge in [-0.05, 0) is 50.9 Å². The van der Waals surface area contributed by atoms with Crippen LogP contribution in [0.2, 0.25) is 0 Å². The van der Waals surface area contributed by atoms with Crippen molar-refractivity contribution in [2.24, 2.45) is 5.92 Å². The summed E-state index contributed by atoms with van der Waals surface area (Å²) in [5.41, 5.74) is 1.33. The highest BCUT2D eigenvalue weighted by Gasteiger charge is 2.43. The van der Waals surface area contributed by atoms with E-state index in [1.54, 1.807) is 10.6 Å². The second kappa shape index (κ2) is 7.17. The Morgan fingerprint density at radius 1 is 1.27 bits per heavy atom. The predicted octanol–water partition coefficient (Wildman–Crippen LogP) is 1.63. The molecule has 2 atom stereocenters. The number of hydrogen-bond donors (Lipinski definition) is 2. The molecule has 1 aliphatic heterocycles. The number of likely N-dealkylation sites (N-methyl/N-ethyl adjacent to an activating group) is 1. The van der Waals surface area contributed by atoms with Crippen molar-refractivity contribution < 1.29 is 0 Å². The number of nitrogens with two attached hydrogens (primary N) is 1. The van der Waals surface area contributed by atoms with Gasteiger partial charge in [0.25, 0.3) is 5.56 Å². The summed E-state index contributed by atoms with van der Waals surface area (Å²) in [4.78, 5) is 31.5. The molecule has 1 aliphatic carbocycles. The van der Waals surface area contributed by atoms with Crippen LogP contribution in [-0.2, 0) is 0 Å². The number of benzene rings is 1. The summed E-state index contributed by atoms with van der Waals surface area (Å²) in [5.74, 6) is 6.12. The maximum atomic E-state index is 12.7. The molecule has 1 saturated carbocycles. The minimum Gasteiger partial charge on any atom is -0.371 e. The number of anilines is 1. The second-order valence-corrected chi connectivity index (χ2v) is 9.19. The molecule has 1 aromatic heterocycles. The van der Waals surface area contributed by atoms with Crippen LogP contribution in [0.15, 0.2) is 21.7 Å². The van der Waals surface area contributed by atoms with Crippen molar-refractivity contribution in [3.05, 3.63) is 50.0 Å². The van der Waals surface area contributed by atoms with Crippen LogP contribution in [0.3, 0.4) is 0 Å². The van der Waals surface area contributed by atoms with Crippen LogP contribution < -0.4 is 27.3 Å². The van der Waals surface area contributed by atoms with Gasteiger partial charge in [0, 0.05) is 44.6 Å². The minimum atomic E-state index is -0.480. The molecule has 4 rings (SSSR count). The molecule has 1 saturated heterocycles. The van der Waals surface area contributed by atoms with E-state index in [2.05, 4.69) is 15.1 Å². The third-order valence-electron chi connectivity index (χ3n) is 6.81. The molecule has 0 spiro atoms. The first-order valence-corrected chi connectivity index (χ1v) is 10.6. The Morgan fingerprint density at radius 2 is 1.97 bits per heavy atom. The molecule has 0 bridgehead atoms. The quantitative estimate of drug-likeness (QED) is 0.578. The van der Waals surface area contributed by atoms with Crippen molar-refractivity contribution in [1.29, 1.82) is 0 Å². The molecular formula is C22H30N6O2. The van der Waals surface area contributed by atoms with Gasteiger partial charge in [-0.15, -0.1) is 0 Å². The fourth-order valence-corrected chi connectivity index (χ4v) is 5.13. The molecule has 2 heterocycles. The van der Waals surface area contributed by atoms with Gasteiger partial charge in [-0.25, -0.2) is 11.4 Å². The lowest BCUT2D eigenvalue weighted by Crippen LogP contribution is -2.49. The van der Waals surface area contributed by atoms with Gasteiger partial charge in [0.1, 0.15) is 0 Å². The monoisotopic (exact) mass is 410 g/mol. The van der Waals surface area contributed by atoms with E-state index in [0.717, 1.165) is 48.3 Å². The van der Waals surface area contributed by atoms with Crippen LogP contribution in [0.1, 0.15) is 44.7 Å². The van der Waals surface area contributed by atoms with E-state index in [1.165, 1.54) is 0 Å². The van der Waals surface area contributed by atoms with Crippen molar-refractivity contribution in [2.45, 2.75) is 57.7 Å². The lowest BCUT2D eigenvalue weighted by Gasteiger charge is -2.29. The third-order valence-corrected chi connectivity index (χ3v) is 6.81. The number of nitrogen functional groups attached to an aromatic ring is 1. The first-order valence-electron chi connectivity index (χ1n) is 10.6. The average Bonchev–Trinajstić information content (AvgIpc) is 3.45. The van der Waals surface area contributed by atoms with Crippen LogP contribution in [0.4, 0.5) is 5.69 Å². The van der Waals surface area contributed by atoms with Gasteiger partial charge in [0.05, 0.1) is 16.9 Å². The Hall–Kier alpha value is -2.79. The lowest BCUT2D eigenvalue weighted by atomic mass is 9.84. The van der Waals surface area contributed by atoms with Crippen LogP contribution >= 0.6 is 0 Å². The minimum absolute atomic E-state index is 0.0925. The fraction of sp³-hybridized carbons (Fsp3) is 0.591. The van der Waals surface area contributed by atoms with E-state index in [9.17, 15) is 9.59 Å². The number of nitrogens with zero attached hydrogens (tertiary/aromatic N) is 4. The highest BCUT2D eigenvalue weighted by molar-refractivity contribution is 5.87. The summed E-state index contributed by atoms with van der Waals surface area (Å²) < 4.78 is 2.44. The third kappa shape index (κ3) is 3.08. The number of aryl methyl sites for hydroxylation is 1. The van der Waals surface area contributed by atoms with Crippen LogP contribution in [0.5, 0.6) is 0 Å². The van der Waals surface area contributed by atoms with Gasteiger partial charge < -0.3 is 20.9 Å². The zero-order valence-corrected chi connectivity index (χ0v) is 18.1. The molecule has 8 heteroatoms. The Kier molecular flexibility index (Phi) is 4.89.